The highest BCUT2D eigenvalue weighted by molar-refractivity contribution is 5.75. The molecule has 180 valence electrons. The van der Waals surface area contributed by atoms with E-state index in [-0.39, 0.29) is 29.7 Å². The number of nitrogens with one attached hydrogen (secondary N) is 1. The van der Waals surface area contributed by atoms with Gasteiger partial charge in [-0.25, -0.2) is 9.97 Å². The summed E-state index contributed by atoms with van der Waals surface area (Å²) in [5.41, 5.74) is 5.14. The predicted molar refractivity (Wildman–Crippen MR) is 121 cm³/mol. The number of aromatic nitrogens is 2. The largest absolute Gasteiger partial charge is 0.391 e. The number of carbonyl (C=O) groups is 1. The van der Waals surface area contributed by atoms with Crippen LogP contribution in [-0.2, 0) is 9.53 Å². The van der Waals surface area contributed by atoms with Gasteiger partial charge in [0.15, 0.2) is 11.6 Å². The zero-order valence-electron chi connectivity index (χ0n) is 19.4. The van der Waals surface area contributed by atoms with E-state index in [0.29, 0.717) is 51.7 Å². The van der Waals surface area contributed by atoms with Crippen LogP contribution in [0.5, 0.6) is 0 Å². The van der Waals surface area contributed by atoms with E-state index < -0.39 is 17.8 Å². The molecule has 0 radical (unpaired) electrons. The number of carbonyl (C=O) groups excluding carboxylic acids is 1. The molecule has 1 amide bonds. The molecule has 3 atom stereocenters. The van der Waals surface area contributed by atoms with Crippen LogP contribution in [0, 0.1) is 17.7 Å². The number of piperidine rings is 1. The number of halogens is 1. The van der Waals surface area contributed by atoms with Gasteiger partial charge >= 0.3 is 0 Å². The molecule has 1 aromatic heterocycles. The minimum atomic E-state index is -0.623. The van der Waals surface area contributed by atoms with Gasteiger partial charge in [-0.1, -0.05) is 0 Å². The Morgan fingerprint density at radius 2 is 2.22 bits per heavy atom. The molecule has 2 aliphatic heterocycles. The standard InChI is InChI=1S/C22H37FN6O3/c1-4-29(10-15-5-7-22(2,3)32-13-15)21-19(23)20(26-14-27-21)25-9-16-6-8-28(11-17(16)30)12-18(24)31/h14-17,30H,4-13H2,1-3H3,(H2,24,31)(H,25,26,27)/t15-,16?,17?/m0/s1. The lowest BCUT2D eigenvalue weighted by molar-refractivity contribution is -0.120. The molecule has 0 saturated carbocycles. The van der Waals surface area contributed by atoms with E-state index in [1.165, 1.54) is 6.33 Å². The van der Waals surface area contributed by atoms with E-state index in [1.807, 2.05) is 16.7 Å². The molecule has 0 bridgehead atoms. The summed E-state index contributed by atoms with van der Waals surface area (Å²) in [7, 11) is 0. The van der Waals surface area contributed by atoms with Crippen LogP contribution in [0.1, 0.15) is 40.0 Å². The van der Waals surface area contributed by atoms with Crippen molar-refractivity contribution in [1.29, 1.82) is 0 Å². The minimum Gasteiger partial charge on any atom is -0.391 e. The van der Waals surface area contributed by atoms with Gasteiger partial charge in [0.25, 0.3) is 0 Å². The Labute approximate surface area is 189 Å². The number of amides is 1. The van der Waals surface area contributed by atoms with Gasteiger partial charge in [-0.05, 0) is 52.5 Å². The number of hydrogen-bond donors (Lipinski definition) is 3. The maximum atomic E-state index is 15.3. The third-order valence-corrected chi connectivity index (χ3v) is 6.51. The van der Waals surface area contributed by atoms with Crippen LogP contribution >= 0.6 is 0 Å². The highest BCUT2D eigenvalue weighted by atomic mass is 19.1. The smallest absolute Gasteiger partial charge is 0.231 e. The number of primary amides is 1. The molecule has 2 fully saturated rings. The van der Waals surface area contributed by atoms with Crippen molar-refractivity contribution >= 4 is 17.5 Å². The van der Waals surface area contributed by atoms with Gasteiger partial charge in [0.05, 0.1) is 24.9 Å². The number of aliphatic hydroxyl groups excluding tert-OH is 1. The number of nitrogens with zero attached hydrogens (tertiary/aromatic N) is 4. The molecule has 2 saturated heterocycles. The molecule has 10 heteroatoms. The van der Waals surface area contributed by atoms with Crippen molar-refractivity contribution in [3.05, 3.63) is 12.1 Å². The number of hydrogen-bond acceptors (Lipinski definition) is 8. The van der Waals surface area contributed by atoms with Crippen LogP contribution in [0.3, 0.4) is 0 Å². The summed E-state index contributed by atoms with van der Waals surface area (Å²) in [5.74, 6) is -0.204. The second-order valence-electron chi connectivity index (χ2n) is 9.57. The Morgan fingerprint density at radius 3 is 2.84 bits per heavy atom. The molecule has 2 unspecified atom stereocenters. The number of likely N-dealkylation sites (tertiary alicyclic amines) is 1. The van der Waals surface area contributed by atoms with Crippen LogP contribution in [0.2, 0.25) is 0 Å². The van der Waals surface area contributed by atoms with Crippen LogP contribution < -0.4 is 16.0 Å². The monoisotopic (exact) mass is 452 g/mol. The minimum absolute atomic E-state index is 0.0676. The summed E-state index contributed by atoms with van der Waals surface area (Å²) < 4.78 is 21.2. The zero-order valence-corrected chi connectivity index (χ0v) is 19.4. The number of anilines is 2. The van der Waals surface area contributed by atoms with Crippen molar-refractivity contribution in [3.63, 3.8) is 0 Å². The number of rotatable bonds is 9. The normalized spacial score (nSPS) is 26.0. The molecule has 0 spiro atoms. The second kappa shape index (κ2) is 10.7. The maximum Gasteiger partial charge on any atom is 0.231 e. The second-order valence-corrected chi connectivity index (χ2v) is 9.57. The molecule has 3 rings (SSSR count). The number of nitrogens with two attached hydrogens (primary N) is 1. The summed E-state index contributed by atoms with van der Waals surface area (Å²) in [5, 5.41) is 13.5. The van der Waals surface area contributed by atoms with Crippen LogP contribution in [0.25, 0.3) is 0 Å². The summed E-state index contributed by atoms with van der Waals surface area (Å²) in [6.07, 6.45) is 3.45. The molecule has 9 nitrogen and oxygen atoms in total. The van der Waals surface area contributed by atoms with E-state index >= 15 is 4.39 Å². The Kier molecular flexibility index (Phi) is 8.24. The van der Waals surface area contributed by atoms with Crippen molar-refractivity contribution in [3.8, 4) is 0 Å². The summed E-state index contributed by atoms with van der Waals surface area (Å²) in [4.78, 5) is 23.2. The van der Waals surface area contributed by atoms with Gasteiger partial charge in [0.2, 0.25) is 11.7 Å². The van der Waals surface area contributed by atoms with E-state index in [0.717, 1.165) is 12.8 Å². The van der Waals surface area contributed by atoms with Crippen molar-refractivity contribution in [1.82, 2.24) is 14.9 Å². The molecule has 4 N–H and O–H groups in total. The Balaban J connectivity index is 1.58. The number of β-amino-alcohol motifs (C(OH)–C–C–N with tert-alkyl or cyclic N) is 1. The molecule has 0 aromatic carbocycles. The highest BCUT2D eigenvalue weighted by Gasteiger charge is 2.30. The average molecular weight is 453 g/mol. The van der Waals surface area contributed by atoms with E-state index in [4.69, 9.17) is 10.5 Å². The van der Waals surface area contributed by atoms with Crippen molar-refractivity contribution in [2.75, 3.05) is 56.1 Å². The van der Waals surface area contributed by atoms with Gasteiger partial charge in [0, 0.05) is 32.1 Å². The SMILES string of the molecule is CCN(C[C@@H]1CCC(C)(C)OC1)c1ncnc(NCC2CCN(CC(N)=O)CC2O)c1F. The third-order valence-electron chi connectivity index (χ3n) is 6.51. The van der Waals surface area contributed by atoms with Crippen LogP contribution in [-0.4, -0.2) is 83.5 Å². The Morgan fingerprint density at radius 1 is 1.44 bits per heavy atom. The summed E-state index contributed by atoms with van der Waals surface area (Å²) in [6.45, 7) is 9.70. The van der Waals surface area contributed by atoms with Gasteiger partial charge in [-0.3, -0.25) is 9.69 Å². The van der Waals surface area contributed by atoms with Gasteiger partial charge in [-0.15, -0.1) is 0 Å². The first-order valence-electron chi connectivity index (χ1n) is 11.5. The van der Waals surface area contributed by atoms with E-state index in [9.17, 15) is 9.90 Å². The molecule has 0 aliphatic carbocycles. The Hall–Kier alpha value is -2.04. The lowest BCUT2D eigenvalue weighted by atomic mass is 9.91. The van der Waals surface area contributed by atoms with E-state index in [1.54, 1.807) is 0 Å². The first kappa shape index (κ1) is 24.6. The highest BCUT2D eigenvalue weighted by Crippen LogP contribution is 2.30. The quantitative estimate of drug-likeness (QED) is 0.512. The van der Waals surface area contributed by atoms with Crippen molar-refractivity contribution < 1.29 is 19.0 Å². The molecular formula is C22H37FN6O3. The topological polar surface area (TPSA) is 117 Å². The van der Waals surface area contributed by atoms with Crippen molar-refractivity contribution in [2.45, 2.75) is 51.7 Å². The Bertz CT molecular complexity index is 770. The molecule has 32 heavy (non-hydrogen) atoms. The predicted octanol–water partition coefficient (Wildman–Crippen LogP) is 1.23. The zero-order chi connectivity index (χ0) is 23.3. The summed E-state index contributed by atoms with van der Waals surface area (Å²) >= 11 is 0. The summed E-state index contributed by atoms with van der Waals surface area (Å²) in [6, 6.07) is 0. The molecule has 2 aliphatic rings. The van der Waals surface area contributed by atoms with Gasteiger partial charge in [-0.2, -0.15) is 4.39 Å². The third kappa shape index (κ3) is 6.49. The first-order chi connectivity index (χ1) is 15.2. The lowest BCUT2D eigenvalue weighted by Crippen LogP contribution is -2.48. The van der Waals surface area contributed by atoms with E-state index in [2.05, 4.69) is 29.1 Å². The fourth-order valence-electron chi connectivity index (χ4n) is 4.45. The number of ether oxygens (including phenoxy) is 1. The lowest BCUT2D eigenvalue weighted by Gasteiger charge is -2.37. The molecule has 3 heterocycles. The fourth-order valence-corrected chi connectivity index (χ4v) is 4.45. The molecule has 1 aromatic rings. The number of aliphatic hydroxyl groups is 1. The molecular weight excluding hydrogens is 415 g/mol. The maximum absolute atomic E-state index is 15.3. The van der Waals surface area contributed by atoms with Crippen LogP contribution in [0.15, 0.2) is 6.33 Å². The fraction of sp³-hybridized carbons (Fsp3) is 0.773. The van der Waals surface area contributed by atoms with Crippen molar-refractivity contribution in [2.24, 2.45) is 17.6 Å². The van der Waals surface area contributed by atoms with Gasteiger partial charge < -0.3 is 25.8 Å². The van der Waals surface area contributed by atoms with Gasteiger partial charge in [0.1, 0.15) is 6.33 Å². The average Bonchev–Trinajstić information content (AvgIpc) is 2.73. The first-order valence-corrected chi connectivity index (χ1v) is 11.5. The van der Waals surface area contributed by atoms with Crippen LogP contribution in [0.4, 0.5) is 16.0 Å².